The maximum absolute atomic E-state index is 13.5. The number of aliphatic carboxylic acids is 1. The van der Waals surface area contributed by atoms with Crippen molar-refractivity contribution in [1.82, 2.24) is 0 Å². The number of Topliss-reactive ketones (excluding diaryl/α,β-unsaturated/α-hetero) is 2. The Bertz CT molecular complexity index is 3420. The first-order valence-corrected chi connectivity index (χ1v) is 26.6. The number of ketones is 2. The number of ether oxygens (including phenoxy) is 1. The normalized spacial score (nSPS) is 23.1. The number of para-hydroxylation sites is 4. The number of fused-ring (bicyclic) bond motifs is 4. The van der Waals surface area contributed by atoms with Gasteiger partial charge in [0.2, 0.25) is 11.4 Å². The number of carbonyl (C=O) groups is 4. The lowest BCUT2D eigenvalue weighted by molar-refractivity contribution is -0.780. The van der Waals surface area contributed by atoms with Crippen molar-refractivity contribution in [3.05, 3.63) is 189 Å². The molecular weight excluding hydrogens is 953 g/mol. The third kappa shape index (κ3) is 8.65. The Morgan fingerprint density at radius 2 is 0.908 bits per heavy atom. The number of benzene rings is 4. The molecule has 0 aromatic heterocycles. The molecule has 2 atom stereocenters. The molecule has 392 valence electrons. The number of hydrogen-bond acceptors (Lipinski definition) is 7. The van der Waals surface area contributed by atoms with E-state index in [9.17, 15) is 34.5 Å². The third-order valence-corrected chi connectivity index (χ3v) is 16.4. The maximum atomic E-state index is 13.5. The number of carboxylic acids is 1. The van der Waals surface area contributed by atoms with Gasteiger partial charge in [0.1, 0.15) is 35.9 Å². The largest absolute Gasteiger partial charge is 0.871 e. The van der Waals surface area contributed by atoms with Gasteiger partial charge in [-0.15, -0.1) is 0 Å². The van der Waals surface area contributed by atoms with Crippen molar-refractivity contribution in [2.45, 2.75) is 111 Å². The molecule has 0 bridgehead atoms. The second kappa shape index (κ2) is 19.9. The number of allylic oxidation sites excluding steroid dienone is 10. The van der Waals surface area contributed by atoms with Crippen LogP contribution < -0.4 is 20.0 Å². The summed E-state index contributed by atoms with van der Waals surface area (Å²) in [6.45, 7) is 24.5. The highest BCUT2D eigenvalue weighted by molar-refractivity contribution is 6.24. The molecule has 4 aromatic rings. The van der Waals surface area contributed by atoms with Crippen molar-refractivity contribution in [2.75, 3.05) is 32.8 Å². The van der Waals surface area contributed by atoms with Gasteiger partial charge in [-0.25, -0.2) is 9.59 Å². The first kappa shape index (κ1) is 53.3. The van der Waals surface area contributed by atoms with Gasteiger partial charge < -0.3 is 20.1 Å². The highest BCUT2D eigenvalue weighted by Crippen LogP contribution is 2.45. The summed E-state index contributed by atoms with van der Waals surface area (Å²) in [6, 6.07) is 32.2. The third-order valence-electron chi connectivity index (χ3n) is 16.4. The number of nitrogens with one attached hydrogen (secondary N) is 2. The standard InChI is InChI=1S/C33H36N2O4.C31H32N2O4/c1-7-17-34-25-15-11-9-13-23(25)32(3,4)27(34)18-21-30(37)22(31(21)38)19-28-33(5,6)24-14-10-12-16-26(24)35(28)20-29(36)39-8-2;1-6-15-32-23-13-9-7-11-21(23)30(2,3)25(32)16-19-28(36)20(29(19)37)17-26-31(4,5)22-12-8-10-14-24(22)33(26)18-27(34)35/h9-16,18-19H,7-8,17,20H2,1-6H3;7-14,16-17H,6,15,18H2,1-5H3,(H-,34,35,36,37)/p+2. The Morgan fingerprint density at radius 3 is 1.28 bits per heavy atom. The lowest BCUT2D eigenvalue weighted by Crippen LogP contribution is -3.06. The summed E-state index contributed by atoms with van der Waals surface area (Å²) < 4.78 is 9.70. The Balaban J connectivity index is 0.000000186. The first-order chi connectivity index (χ1) is 36.0. The number of quaternary nitrogens is 2. The SMILES string of the molecule is CCC[N+]1=C(C=C2C(=O)C(C=C3[NH+](CC(=O)O)c4ccccc4C3(C)C)=C2[O-])C(C)(C)c2ccccc21.CCC[N+]1=C(C=C2C(=O)C(C=C3[NH+](CC(=O)OCC)c4ccccc4C3(C)C)=C2[O-])C(C)(C)c2ccccc21. The second-order valence-electron chi connectivity index (χ2n) is 22.6. The molecule has 0 saturated heterocycles. The zero-order chi connectivity index (χ0) is 54.8. The Labute approximate surface area is 446 Å². The van der Waals surface area contributed by atoms with Crippen molar-refractivity contribution in [1.29, 1.82) is 0 Å². The molecule has 3 N–H and O–H groups in total. The molecule has 0 saturated carbocycles. The summed E-state index contributed by atoms with van der Waals surface area (Å²) in [4.78, 5) is 52.6. The minimum absolute atomic E-state index is 0.0921. The van der Waals surface area contributed by atoms with Gasteiger partial charge in [0.05, 0.1) is 28.3 Å². The van der Waals surface area contributed by atoms with Crippen LogP contribution in [0.25, 0.3) is 0 Å². The number of rotatable bonds is 13. The topological polar surface area (TPSA) is 159 Å². The number of carbonyl (C=O) groups excluding carboxylic acids is 3. The van der Waals surface area contributed by atoms with Crippen molar-refractivity contribution in [3.63, 3.8) is 0 Å². The zero-order valence-corrected chi connectivity index (χ0v) is 45.7. The second-order valence-corrected chi connectivity index (χ2v) is 22.6. The highest BCUT2D eigenvalue weighted by atomic mass is 16.5. The molecule has 0 fully saturated rings. The van der Waals surface area contributed by atoms with Crippen LogP contribution in [0, 0.1) is 0 Å². The molecule has 12 nitrogen and oxygen atoms in total. The minimum atomic E-state index is -0.944. The summed E-state index contributed by atoms with van der Waals surface area (Å²) in [5, 5.41) is 36.5. The number of hydrogen-bond donors (Lipinski definition) is 3. The van der Waals surface area contributed by atoms with Crippen molar-refractivity contribution in [3.8, 4) is 0 Å². The summed E-state index contributed by atoms with van der Waals surface area (Å²) in [7, 11) is 0. The lowest BCUT2D eigenvalue weighted by atomic mass is 9.77. The molecule has 4 aliphatic heterocycles. The van der Waals surface area contributed by atoms with Crippen LogP contribution in [0.1, 0.15) is 111 Å². The molecule has 2 aliphatic carbocycles. The number of nitrogens with zero attached hydrogens (tertiary/aromatic N) is 2. The van der Waals surface area contributed by atoms with Crippen LogP contribution in [-0.4, -0.2) is 82.0 Å². The van der Waals surface area contributed by atoms with Crippen molar-refractivity contribution < 1.29 is 58.2 Å². The average Bonchev–Trinajstić information content (AvgIpc) is 3.97. The van der Waals surface area contributed by atoms with E-state index in [1.165, 1.54) is 11.1 Å². The van der Waals surface area contributed by atoms with Crippen LogP contribution in [0.15, 0.2) is 167 Å². The molecule has 76 heavy (non-hydrogen) atoms. The average molecular weight is 1020 g/mol. The van der Waals surface area contributed by atoms with Crippen LogP contribution >= 0.6 is 0 Å². The number of esters is 1. The fraction of sp³-hybridized carbons (Fsp3) is 0.344. The summed E-state index contributed by atoms with van der Waals surface area (Å²) in [5.74, 6) is -2.32. The van der Waals surface area contributed by atoms with Crippen molar-refractivity contribution >= 4 is 57.7 Å². The van der Waals surface area contributed by atoms with Crippen LogP contribution in [0.4, 0.5) is 22.7 Å². The summed E-state index contributed by atoms with van der Waals surface area (Å²) in [6.07, 6.45) is 8.82. The molecule has 2 unspecified atom stereocenters. The molecule has 0 radical (unpaired) electrons. The summed E-state index contributed by atoms with van der Waals surface area (Å²) >= 11 is 0. The molecule has 4 aromatic carbocycles. The van der Waals surface area contributed by atoms with Gasteiger partial charge >= 0.3 is 11.9 Å². The van der Waals surface area contributed by atoms with Gasteiger partial charge in [0, 0.05) is 93.8 Å². The van der Waals surface area contributed by atoms with E-state index in [0.717, 1.165) is 87.5 Å². The molecule has 10 rings (SSSR count). The molecule has 4 heterocycles. The van der Waals surface area contributed by atoms with Gasteiger partial charge in [-0.1, -0.05) is 98.2 Å². The van der Waals surface area contributed by atoms with E-state index in [-0.39, 0.29) is 75.3 Å². The lowest BCUT2D eigenvalue weighted by Gasteiger charge is -2.30. The Kier molecular flexibility index (Phi) is 13.9. The smallest absolute Gasteiger partial charge is 0.362 e. The highest BCUT2D eigenvalue weighted by Gasteiger charge is 2.51. The Hall–Kier alpha value is -7.54. The monoisotopic (exact) mass is 1020 g/mol. The first-order valence-electron chi connectivity index (χ1n) is 26.6. The van der Waals surface area contributed by atoms with E-state index in [1.807, 2.05) is 86.6 Å². The molecule has 0 amide bonds. The van der Waals surface area contributed by atoms with E-state index < -0.39 is 16.8 Å². The minimum Gasteiger partial charge on any atom is -0.871 e. The van der Waals surface area contributed by atoms with Crippen LogP contribution in [0.3, 0.4) is 0 Å². The maximum Gasteiger partial charge on any atom is 0.362 e. The molecule has 6 aliphatic rings. The quantitative estimate of drug-likeness (QED) is 0.0766. The van der Waals surface area contributed by atoms with E-state index in [1.54, 1.807) is 31.2 Å². The van der Waals surface area contributed by atoms with Crippen LogP contribution in [0.2, 0.25) is 0 Å². The van der Waals surface area contributed by atoms with Gasteiger partial charge in [-0.05, 0) is 74.4 Å². The van der Waals surface area contributed by atoms with E-state index in [4.69, 9.17) is 4.74 Å². The van der Waals surface area contributed by atoms with Gasteiger partial charge in [0.15, 0.2) is 36.1 Å². The fourth-order valence-electron chi connectivity index (χ4n) is 12.4. The molecule has 0 spiro atoms. The summed E-state index contributed by atoms with van der Waals surface area (Å²) in [5.41, 5.74) is 11.1. The van der Waals surface area contributed by atoms with Gasteiger partial charge in [-0.3, -0.25) is 19.4 Å². The van der Waals surface area contributed by atoms with Gasteiger partial charge in [0.25, 0.3) is 0 Å². The zero-order valence-electron chi connectivity index (χ0n) is 45.7. The predicted molar refractivity (Wildman–Crippen MR) is 290 cm³/mol. The van der Waals surface area contributed by atoms with Crippen molar-refractivity contribution in [2.24, 2.45) is 0 Å². The number of carboxylic acid groups (broad SMARTS) is 1. The fourth-order valence-corrected chi connectivity index (χ4v) is 12.4. The van der Waals surface area contributed by atoms with E-state index >= 15 is 0 Å². The van der Waals surface area contributed by atoms with Crippen LogP contribution in [0.5, 0.6) is 0 Å². The van der Waals surface area contributed by atoms with E-state index in [2.05, 4.69) is 88.8 Å². The molecule has 12 heteroatoms. The Morgan fingerprint density at radius 1 is 0.539 bits per heavy atom. The predicted octanol–water partition coefficient (Wildman–Crippen LogP) is 6.62. The van der Waals surface area contributed by atoms with E-state index in [0.29, 0.717) is 11.5 Å². The molecular formula is C64H70N4O8+2. The van der Waals surface area contributed by atoms with Crippen LogP contribution in [-0.2, 0) is 45.6 Å². The van der Waals surface area contributed by atoms with Gasteiger partial charge in [-0.2, -0.15) is 9.15 Å².